The summed E-state index contributed by atoms with van der Waals surface area (Å²) in [5.41, 5.74) is -0.834. The van der Waals surface area contributed by atoms with Gasteiger partial charge in [0.1, 0.15) is 11.2 Å². The number of carbonyl (C=O) groups excluding carboxylic acids is 3. The van der Waals surface area contributed by atoms with E-state index in [2.05, 4.69) is 172 Å². The number of carbonyl (C=O) groups is 3. The van der Waals surface area contributed by atoms with Crippen molar-refractivity contribution in [3.8, 4) is 0 Å². The summed E-state index contributed by atoms with van der Waals surface area (Å²) in [5, 5.41) is 10.9. The van der Waals surface area contributed by atoms with Crippen LogP contribution in [0.3, 0.4) is 0 Å². The zero-order valence-corrected chi connectivity index (χ0v) is 59.6. The SMILES string of the molecule is CC1CCC(C(=O)N2CCN(CCO[Si](C)(C)C(C)(C)C)[C@H](C)C2)N1.C[C@@H]1CN(C(=O)OC(C)(C)C)CCN1.C[C@@H]1CN(C(=O)OC(C)(C)C)CCN1CCO[Si](C)(C)C(C)(C)C.C[C@@H]1CNCCN1CCO[Si](C)(C)C(C)(C)C. The maximum Gasteiger partial charge on any atom is 0.410 e. The van der Waals surface area contributed by atoms with Gasteiger partial charge in [-0.15, -0.1) is 0 Å². The Morgan fingerprint density at radius 3 is 1.20 bits per heavy atom. The minimum absolute atomic E-state index is 0.0377. The smallest absolute Gasteiger partial charge is 0.410 e. The van der Waals surface area contributed by atoms with Gasteiger partial charge in [0.15, 0.2) is 25.0 Å². The summed E-state index contributed by atoms with van der Waals surface area (Å²) in [6.45, 7) is 72.8. The van der Waals surface area contributed by atoms with E-state index in [1.807, 2.05) is 46.4 Å². The van der Waals surface area contributed by atoms with E-state index in [1.165, 1.54) is 0 Å². The van der Waals surface area contributed by atoms with Gasteiger partial charge >= 0.3 is 12.2 Å². The Morgan fingerprint density at radius 1 is 0.463 bits per heavy atom. The van der Waals surface area contributed by atoms with Crippen LogP contribution in [0.25, 0.3) is 0 Å². The van der Waals surface area contributed by atoms with E-state index >= 15 is 0 Å². The largest absolute Gasteiger partial charge is 0.444 e. The van der Waals surface area contributed by atoms with Gasteiger partial charge in [0.25, 0.3) is 0 Å². The molecule has 5 aliphatic rings. The monoisotopic (exact) mass is 1190 g/mol. The van der Waals surface area contributed by atoms with Crippen molar-refractivity contribution in [3.05, 3.63) is 0 Å². The van der Waals surface area contributed by atoms with E-state index in [0.29, 0.717) is 41.2 Å². The normalized spacial score (nSPS) is 24.6. The molecule has 5 fully saturated rings. The maximum atomic E-state index is 12.7. The van der Waals surface area contributed by atoms with Crippen molar-refractivity contribution in [1.29, 1.82) is 0 Å². The summed E-state index contributed by atoms with van der Waals surface area (Å²) < 4.78 is 29.6. The first-order valence-electron chi connectivity index (χ1n) is 30.9. The highest BCUT2D eigenvalue weighted by atomic mass is 28.4. The fraction of sp³-hybridized carbons (Fsp3) is 0.950. The topological polar surface area (TPSA) is 153 Å². The molecule has 3 N–H and O–H groups in total. The molecule has 20 heteroatoms. The Balaban J connectivity index is 0.000000373. The summed E-state index contributed by atoms with van der Waals surface area (Å²) in [6.07, 6.45) is 1.68. The molecule has 0 aromatic carbocycles. The molecule has 0 aromatic heterocycles. The third-order valence-corrected chi connectivity index (χ3v) is 31.4. The Kier molecular flexibility index (Phi) is 29.4. The van der Waals surface area contributed by atoms with Crippen molar-refractivity contribution in [2.45, 2.75) is 253 Å². The minimum Gasteiger partial charge on any atom is -0.444 e. The first kappa shape index (κ1) is 74.4. The molecule has 3 amide bonds. The summed E-state index contributed by atoms with van der Waals surface area (Å²) >= 11 is 0. The first-order valence-corrected chi connectivity index (χ1v) is 39.7. The number of hydrogen-bond acceptors (Lipinski definition) is 14. The Hall–Kier alpha value is -1.70. The van der Waals surface area contributed by atoms with Crippen LogP contribution in [0.4, 0.5) is 9.59 Å². The van der Waals surface area contributed by atoms with Crippen LogP contribution >= 0.6 is 0 Å². The van der Waals surface area contributed by atoms with Crippen LogP contribution in [-0.4, -0.2) is 238 Å². The summed E-state index contributed by atoms with van der Waals surface area (Å²) in [5.74, 6) is 0.299. The predicted octanol–water partition coefficient (Wildman–Crippen LogP) is 10.1. The molecule has 6 atom stereocenters. The lowest BCUT2D eigenvalue weighted by Crippen LogP contribution is -2.57. The van der Waals surface area contributed by atoms with Crippen molar-refractivity contribution in [1.82, 2.24) is 45.3 Å². The van der Waals surface area contributed by atoms with Gasteiger partial charge in [0, 0.05) is 148 Å². The molecule has 5 aliphatic heterocycles. The lowest BCUT2D eigenvalue weighted by atomic mass is 10.1. The average molecular weight is 1190 g/mol. The van der Waals surface area contributed by atoms with Crippen molar-refractivity contribution >= 4 is 43.0 Å². The second-order valence-electron chi connectivity index (χ2n) is 30.4. The van der Waals surface area contributed by atoms with E-state index in [9.17, 15) is 14.4 Å². The standard InChI is InChI=1S/C19H39N3O2Si.C18H38N2O3Si.C13H30N2OSi.C10H20N2O2/c1-15-8-9-17(20-15)18(23)22-11-10-21(16(2)14-22)12-13-24-25(6,7)19(3,4)5;1-15-14-20(16(21)23-17(2,3)4)11-10-19(15)12-13-22-24(8,9)18(5,6)7;1-12-11-14-7-8-15(12)9-10-16-17(5,6)13(2,3)4;1-8-7-12(6-5-11-8)9(13)14-10(2,3)4/h15-17,20H,8-14H2,1-7H3;15H,10-14H2,1-9H3;12,14H,7-11H2,1-6H3;8,11H,5-7H2,1-4H3/t15?,16-,17?;15-;12-;8-/m1111/s1. The van der Waals surface area contributed by atoms with Crippen molar-refractivity contribution < 1.29 is 37.1 Å². The van der Waals surface area contributed by atoms with Crippen LogP contribution in [0.1, 0.15) is 151 Å². The molecule has 5 rings (SSSR count). The van der Waals surface area contributed by atoms with Crippen molar-refractivity contribution in [2.24, 2.45) is 0 Å². The molecule has 0 aromatic rings. The molecule has 472 valence electrons. The van der Waals surface area contributed by atoms with Crippen LogP contribution in [0.5, 0.6) is 0 Å². The second kappa shape index (κ2) is 31.6. The van der Waals surface area contributed by atoms with Gasteiger partial charge < -0.3 is 53.4 Å². The van der Waals surface area contributed by atoms with Gasteiger partial charge in [-0.1, -0.05) is 62.3 Å². The lowest BCUT2D eigenvalue weighted by Gasteiger charge is -2.42. The van der Waals surface area contributed by atoms with E-state index in [0.717, 1.165) is 131 Å². The van der Waals surface area contributed by atoms with E-state index < -0.39 is 36.2 Å². The molecule has 0 saturated carbocycles. The third kappa shape index (κ3) is 26.3. The maximum absolute atomic E-state index is 12.7. The minimum atomic E-state index is -1.68. The number of rotatable bonds is 13. The zero-order chi connectivity index (χ0) is 61.5. The highest BCUT2D eigenvalue weighted by molar-refractivity contribution is 6.74. The number of amides is 3. The zero-order valence-electron chi connectivity index (χ0n) is 56.6. The lowest BCUT2D eigenvalue weighted by molar-refractivity contribution is -0.136. The Labute approximate surface area is 494 Å². The fourth-order valence-electron chi connectivity index (χ4n) is 9.23. The molecule has 5 heterocycles. The molecule has 80 heavy (non-hydrogen) atoms. The van der Waals surface area contributed by atoms with Crippen LogP contribution in [0.2, 0.25) is 54.4 Å². The van der Waals surface area contributed by atoms with Gasteiger partial charge in [-0.2, -0.15) is 0 Å². The highest BCUT2D eigenvalue weighted by Crippen LogP contribution is 2.38. The quantitative estimate of drug-likeness (QED) is 0.150. The van der Waals surface area contributed by atoms with Crippen LogP contribution in [-0.2, 0) is 27.5 Å². The number of ether oxygens (including phenoxy) is 2. The number of nitrogens with one attached hydrogen (secondary N) is 3. The molecule has 2 unspecified atom stereocenters. The average Bonchev–Trinajstić information content (AvgIpc) is 3.74. The van der Waals surface area contributed by atoms with Gasteiger partial charge in [-0.3, -0.25) is 19.5 Å². The molecule has 0 aliphatic carbocycles. The summed E-state index contributed by atoms with van der Waals surface area (Å²) in [4.78, 5) is 49.6. The molecule has 17 nitrogen and oxygen atoms in total. The van der Waals surface area contributed by atoms with E-state index in [-0.39, 0.29) is 28.3 Å². The predicted molar refractivity (Wildman–Crippen MR) is 341 cm³/mol. The number of hydrogen-bond donors (Lipinski definition) is 3. The molecular weight excluding hydrogens is 1060 g/mol. The molecule has 0 bridgehead atoms. The first-order chi connectivity index (χ1) is 36.4. The molecule has 0 radical (unpaired) electrons. The van der Waals surface area contributed by atoms with Gasteiger partial charge in [0.05, 0.1) is 6.04 Å². The molecular formula is C60H127N9O8Si3. The van der Waals surface area contributed by atoms with E-state index in [4.69, 9.17) is 22.8 Å². The van der Waals surface area contributed by atoms with Gasteiger partial charge in [-0.25, -0.2) is 9.59 Å². The summed E-state index contributed by atoms with van der Waals surface area (Å²) in [6, 6.07) is 2.24. The van der Waals surface area contributed by atoms with Crippen molar-refractivity contribution in [2.75, 3.05) is 118 Å². The second-order valence-corrected chi connectivity index (χ2v) is 44.8. The highest BCUT2D eigenvalue weighted by Gasteiger charge is 2.40. The van der Waals surface area contributed by atoms with Gasteiger partial charge in [0.2, 0.25) is 5.91 Å². The number of piperazine rings is 4. The fourth-order valence-corrected chi connectivity index (χ4v) is 12.3. The summed E-state index contributed by atoms with van der Waals surface area (Å²) in [7, 11) is -4.90. The van der Waals surface area contributed by atoms with Crippen LogP contribution < -0.4 is 16.0 Å². The van der Waals surface area contributed by atoms with Gasteiger partial charge in [-0.05, 0) is 143 Å². The van der Waals surface area contributed by atoms with E-state index in [1.54, 1.807) is 4.90 Å². The number of nitrogens with zero attached hydrogens (tertiary/aromatic N) is 6. The molecule has 5 saturated heterocycles. The molecule has 0 spiro atoms. The Bertz CT molecular complexity index is 1850. The third-order valence-electron chi connectivity index (χ3n) is 17.8. The van der Waals surface area contributed by atoms with Crippen LogP contribution in [0.15, 0.2) is 0 Å². The van der Waals surface area contributed by atoms with Crippen LogP contribution in [0, 0.1) is 0 Å². The Morgan fingerprint density at radius 2 is 0.850 bits per heavy atom. The van der Waals surface area contributed by atoms with Crippen molar-refractivity contribution in [3.63, 3.8) is 0 Å².